The van der Waals surface area contributed by atoms with Crippen LogP contribution in [0, 0.1) is 11.8 Å². The van der Waals surface area contributed by atoms with Crippen LogP contribution >= 0.6 is 12.6 Å². The Kier molecular flexibility index (Phi) is 2.07. The molecule has 3 aliphatic carbocycles. The second-order valence-corrected chi connectivity index (χ2v) is 4.66. The monoisotopic (exact) mass is 180 g/mol. The maximum absolute atomic E-state index is 4.66. The minimum atomic E-state index is 0.591. The van der Waals surface area contributed by atoms with Gasteiger partial charge in [0.2, 0.25) is 0 Å². The molecule has 0 aromatic rings. The van der Waals surface area contributed by atoms with Crippen molar-refractivity contribution in [2.45, 2.75) is 31.9 Å². The van der Waals surface area contributed by atoms with Gasteiger partial charge in [0.15, 0.2) is 0 Å². The molecule has 0 nitrogen and oxygen atoms in total. The molecule has 0 saturated heterocycles. The van der Waals surface area contributed by atoms with Gasteiger partial charge in [-0.2, -0.15) is 12.6 Å². The van der Waals surface area contributed by atoms with Crippen molar-refractivity contribution >= 4 is 12.6 Å². The summed E-state index contributed by atoms with van der Waals surface area (Å²) in [7, 11) is 0. The lowest BCUT2D eigenvalue weighted by Gasteiger charge is -2.42. The molecule has 0 N–H and O–H groups in total. The molecule has 66 valence electrons. The van der Waals surface area contributed by atoms with E-state index < -0.39 is 0 Å². The fraction of sp³-hybridized carbons (Fsp3) is 0.636. The minimum absolute atomic E-state index is 0.591. The highest BCUT2D eigenvalue weighted by atomic mass is 32.1. The van der Waals surface area contributed by atoms with Crippen LogP contribution in [0.1, 0.15) is 26.7 Å². The van der Waals surface area contributed by atoms with Crippen molar-refractivity contribution in [3.63, 3.8) is 0 Å². The first-order valence-corrected chi connectivity index (χ1v) is 5.28. The van der Waals surface area contributed by atoms with Gasteiger partial charge in [-0.25, -0.2) is 0 Å². The minimum Gasteiger partial charge on any atom is -0.175 e. The summed E-state index contributed by atoms with van der Waals surface area (Å²) < 4.78 is 0. The first kappa shape index (κ1) is 8.43. The van der Waals surface area contributed by atoms with Crippen LogP contribution < -0.4 is 0 Å². The number of hydrogen-bond acceptors (Lipinski definition) is 1. The second kappa shape index (κ2) is 2.95. The van der Waals surface area contributed by atoms with Gasteiger partial charge in [0.25, 0.3) is 0 Å². The average Bonchev–Trinajstić information content (AvgIpc) is 2.00. The first-order valence-electron chi connectivity index (χ1n) is 4.77. The third kappa shape index (κ3) is 1.06. The zero-order valence-electron chi connectivity index (χ0n) is 7.75. The molecule has 2 bridgehead atoms. The standard InChI is InChI=1S/C11H16S/c1-7-9-5-3-4-6-10(12)11(7)8(9)2/h3,5,7,10-12H,4,6H2,1-2H3. The first-order chi connectivity index (χ1) is 5.72. The lowest BCUT2D eigenvalue weighted by Crippen LogP contribution is -2.34. The normalized spacial score (nSPS) is 40.4. The van der Waals surface area contributed by atoms with Crippen LogP contribution in [0.5, 0.6) is 0 Å². The predicted octanol–water partition coefficient (Wildman–Crippen LogP) is 3.22. The van der Waals surface area contributed by atoms with E-state index in [9.17, 15) is 0 Å². The maximum atomic E-state index is 4.66. The fourth-order valence-electron chi connectivity index (χ4n) is 2.59. The van der Waals surface area contributed by atoms with Crippen LogP contribution in [0.15, 0.2) is 23.3 Å². The summed E-state index contributed by atoms with van der Waals surface area (Å²) in [5.74, 6) is 1.51. The van der Waals surface area contributed by atoms with Crippen molar-refractivity contribution in [1.82, 2.24) is 0 Å². The molecule has 0 aromatic carbocycles. The van der Waals surface area contributed by atoms with Crippen LogP contribution in [0.2, 0.25) is 0 Å². The van der Waals surface area contributed by atoms with Crippen LogP contribution in [0.25, 0.3) is 0 Å². The zero-order chi connectivity index (χ0) is 8.72. The molecule has 0 aliphatic heterocycles. The summed E-state index contributed by atoms with van der Waals surface area (Å²) in [5.41, 5.74) is 3.15. The van der Waals surface area contributed by atoms with E-state index in [-0.39, 0.29) is 0 Å². The van der Waals surface area contributed by atoms with Gasteiger partial charge in [-0.05, 0) is 37.2 Å². The van der Waals surface area contributed by atoms with Crippen molar-refractivity contribution in [1.29, 1.82) is 0 Å². The van der Waals surface area contributed by atoms with Crippen LogP contribution in [0.4, 0.5) is 0 Å². The molecule has 0 spiro atoms. The van der Waals surface area contributed by atoms with E-state index in [1.165, 1.54) is 12.8 Å². The fourth-order valence-corrected chi connectivity index (χ4v) is 3.22. The van der Waals surface area contributed by atoms with Crippen molar-refractivity contribution in [3.05, 3.63) is 23.3 Å². The number of rotatable bonds is 0. The lowest BCUT2D eigenvalue weighted by molar-refractivity contribution is 0.377. The zero-order valence-corrected chi connectivity index (χ0v) is 8.64. The molecular formula is C11H16S. The van der Waals surface area contributed by atoms with Crippen molar-refractivity contribution < 1.29 is 0 Å². The summed E-state index contributed by atoms with van der Waals surface area (Å²) in [4.78, 5) is 0. The molecule has 0 amide bonds. The van der Waals surface area contributed by atoms with Gasteiger partial charge in [-0.1, -0.05) is 24.6 Å². The van der Waals surface area contributed by atoms with Crippen LogP contribution in [0.3, 0.4) is 0 Å². The van der Waals surface area contributed by atoms with E-state index in [0.29, 0.717) is 5.25 Å². The summed E-state index contributed by atoms with van der Waals surface area (Å²) in [6.07, 6.45) is 7.05. The van der Waals surface area contributed by atoms with Gasteiger partial charge in [0, 0.05) is 5.25 Å². The molecule has 1 heteroatoms. The molecule has 0 radical (unpaired) electrons. The molecule has 0 aromatic heterocycles. The maximum Gasteiger partial charge on any atom is 0.00911 e. The van der Waals surface area contributed by atoms with Crippen molar-refractivity contribution in [2.24, 2.45) is 11.8 Å². The number of hydrogen-bond donors (Lipinski definition) is 1. The highest BCUT2D eigenvalue weighted by molar-refractivity contribution is 7.81. The Hall–Kier alpha value is -0.170. The topological polar surface area (TPSA) is 0 Å². The third-order valence-corrected chi connectivity index (χ3v) is 3.91. The highest BCUT2D eigenvalue weighted by Crippen LogP contribution is 2.46. The summed E-state index contributed by atoms with van der Waals surface area (Å²) >= 11 is 4.66. The van der Waals surface area contributed by atoms with Gasteiger partial charge in [0.05, 0.1) is 0 Å². The van der Waals surface area contributed by atoms with Crippen LogP contribution in [-0.4, -0.2) is 5.25 Å². The van der Waals surface area contributed by atoms with Crippen molar-refractivity contribution in [3.8, 4) is 0 Å². The second-order valence-electron chi connectivity index (χ2n) is 4.00. The van der Waals surface area contributed by atoms with E-state index in [4.69, 9.17) is 0 Å². The van der Waals surface area contributed by atoms with E-state index in [1.807, 2.05) is 0 Å². The molecule has 0 saturated carbocycles. The smallest absolute Gasteiger partial charge is 0.00911 e. The van der Waals surface area contributed by atoms with Crippen LogP contribution in [-0.2, 0) is 0 Å². The lowest BCUT2D eigenvalue weighted by atomic mass is 9.66. The number of allylic oxidation sites excluding steroid dienone is 4. The molecular weight excluding hydrogens is 164 g/mol. The SMILES string of the molecule is CC1=C2C=CCCC(S)C1C2C. The average molecular weight is 180 g/mol. The third-order valence-electron chi connectivity index (χ3n) is 3.33. The Morgan fingerprint density at radius 2 is 2.25 bits per heavy atom. The van der Waals surface area contributed by atoms with Gasteiger partial charge >= 0.3 is 0 Å². The van der Waals surface area contributed by atoms with E-state index >= 15 is 0 Å². The Balaban J connectivity index is 2.32. The molecule has 12 heavy (non-hydrogen) atoms. The van der Waals surface area contributed by atoms with Gasteiger partial charge in [-0.3, -0.25) is 0 Å². The molecule has 3 aliphatic rings. The van der Waals surface area contributed by atoms with E-state index in [2.05, 4.69) is 38.6 Å². The van der Waals surface area contributed by atoms with E-state index in [0.717, 1.165) is 11.8 Å². The Labute approximate surface area is 80.2 Å². The van der Waals surface area contributed by atoms with Gasteiger partial charge in [-0.15, -0.1) is 0 Å². The van der Waals surface area contributed by atoms with Crippen molar-refractivity contribution in [2.75, 3.05) is 0 Å². The number of fused-ring (bicyclic) bond motifs is 3. The molecule has 0 heterocycles. The molecule has 3 atom stereocenters. The quantitative estimate of drug-likeness (QED) is 0.544. The number of thiol groups is 1. The largest absolute Gasteiger partial charge is 0.175 e. The summed E-state index contributed by atoms with van der Waals surface area (Å²) in [6, 6.07) is 0. The predicted molar refractivity (Wildman–Crippen MR) is 56.5 cm³/mol. The Morgan fingerprint density at radius 3 is 2.92 bits per heavy atom. The Bertz CT molecular complexity index is 250. The molecule has 3 rings (SSSR count). The van der Waals surface area contributed by atoms with E-state index in [1.54, 1.807) is 11.1 Å². The summed E-state index contributed by atoms with van der Waals surface area (Å²) in [5, 5.41) is 0.591. The molecule has 3 unspecified atom stereocenters. The van der Waals surface area contributed by atoms with Gasteiger partial charge in [0.1, 0.15) is 0 Å². The highest BCUT2D eigenvalue weighted by Gasteiger charge is 2.37. The molecule has 0 fully saturated rings. The van der Waals surface area contributed by atoms with Gasteiger partial charge < -0.3 is 0 Å². The Morgan fingerprint density at radius 1 is 1.50 bits per heavy atom. The summed E-state index contributed by atoms with van der Waals surface area (Å²) in [6.45, 7) is 4.59.